The number of benzene rings is 1. The molecule has 1 amide bonds. The summed E-state index contributed by atoms with van der Waals surface area (Å²) in [5.74, 6) is 0.669. The highest BCUT2D eigenvalue weighted by atomic mass is 16.6. The van der Waals surface area contributed by atoms with Crippen LogP contribution >= 0.6 is 0 Å². The van der Waals surface area contributed by atoms with Crippen LogP contribution in [0.3, 0.4) is 0 Å². The van der Waals surface area contributed by atoms with E-state index in [0.29, 0.717) is 12.3 Å². The first-order chi connectivity index (χ1) is 9.49. The zero-order chi connectivity index (χ0) is 15.0. The van der Waals surface area contributed by atoms with Gasteiger partial charge in [-0.1, -0.05) is 26.0 Å². The van der Waals surface area contributed by atoms with E-state index >= 15 is 0 Å². The third-order valence-electron chi connectivity index (χ3n) is 3.06. The van der Waals surface area contributed by atoms with E-state index in [9.17, 15) is 14.9 Å². The van der Waals surface area contributed by atoms with E-state index in [1.165, 1.54) is 12.1 Å². The molecule has 1 N–H and O–H groups in total. The second-order valence-corrected chi connectivity index (χ2v) is 5.31. The van der Waals surface area contributed by atoms with Crippen molar-refractivity contribution in [3.63, 3.8) is 0 Å². The van der Waals surface area contributed by atoms with E-state index in [1.807, 2.05) is 0 Å². The second kappa shape index (κ2) is 8.30. The first kappa shape index (κ1) is 16.1. The van der Waals surface area contributed by atoms with Crippen molar-refractivity contribution in [2.24, 2.45) is 5.92 Å². The highest BCUT2D eigenvalue weighted by Gasteiger charge is 2.05. The summed E-state index contributed by atoms with van der Waals surface area (Å²) < 4.78 is 0. The lowest BCUT2D eigenvalue weighted by molar-refractivity contribution is -0.384. The molecule has 0 fully saturated rings. The Morgan fingerprint density at radius 2 is 1.95 bits per heavy atom. The lowest BCUT2D eigenvalue weighted by atomic mass is 10.1. The first-order valence-electron chi connectivity index (χ1n) is 6.99. The summed E-state index contributed by atoms with van der Waals surface area (Å²) in [5, 5.41) is 13.4. The molecule has 110 valence electrons. The molecule has 0 bridgehead atoms. The average Bonchev–Trinajstić information content (AvgIpc) is 2.39. The largest absolute Gasteiger partial charge is 0.356 e. The molecule has 0 saturated carbocycles. The molecule has 1 aromatic carbocycles. The van der Waals surface area contributed by atoms with Gasteiger partial charge in [0, 0.05) is 25.1 Å². The Balaban J connectivity index is 2.23. The van der Waals surface area contributed by atoms with Gasteiger partial charge < -0.3 is 5.32 Å². The Morgan fingerprint density at radius 3 is 2.50 bits per heavy atom. The fourth-order valence-electron chi connectivity index (χ4n) is 1.83. The highest BCUT2D eigenvalue weighted by Crippen LogP contribution is 2.13. The number of hydrogen-bond donors (Lipinski definition) is 1. The Bertz CT molecular complexity index is 441. The first-order valence-corrected chi connectivity index (χ1v) is 6.99. The van der Waals surface area contributed by atoms with E-state index in [1.54, 1.807) is 12.1 Å². The van der Waals surface area contributed by atoms with Gasteiger partial charge in [-0.25, -0.2) is 0 Å². The maximum absolute atomic E-state index is 11.6. The van der Waals surface area contributed by atoms with Crippen molar-refractivity contribution < 1.29 is 9.72 Å². The number of nitrogens with zero attached hydrogens (tertiary/aromatic N) is 1. The fourth-order valence-corrected chi connectivity index (χ4v) is 1.83. The van der Waals surface area contributed by atoms with Crippen LogP contribution in [0.4, 0.5) is 5.69 Å². The van der Waals surface area contributed by atoms with E-state index in [2.05, 4.69) is 19.2 Å². The summed E-state index contributed by atoms with van der Waals surface area (Å²) in [7, 11) is 0. The number of non-ortho nitro benzene ring substituents is 1. The topological polar surface area (TPSA) is 72.2 Å². The van der Waals surface area contributed by atoms with E-state index in [0.717, 1.165) is 31.4 Å². The van der Waals surface area contributed by atoms with Gasteiger partial charge in [0.1, 0.15) is 0 Å². The van der Waals surface area contributed by atoms with Gasteiger partial charge in [-0.05, 0) is 30.7 Å². The number of nitro groups is 1. The Labute approximate surface area is 119 Å². The van der Waals surface area contributed by atoms with Crippen LogP contribution in [0.25, 0.3) is 0 Å². The third-order valence-corrected chi connectivity index (χ3v) is 3.06. The molecule has 0 unspecified atom stereocenters. The number of hydrogen-bond acceptors (Lipinski definition) is 3. The maximum Gasteiger partial charge on any atom is 0.269 e. The number of carbonyl (C=O) groups is 1. The van der Waals surface area contributed by atoms with Crippen LogP contribution in [-0.4, -0.2) is 17.4 Å². The predicted octanol–water partition coefficient (Wildman–Crippen LogP) is 3.08. The van der Waals surface area contributed by atoms with Crippen molar-refractivity contribution in [3.8, 4) is 0 Å². The van der Waals surface area contributed by atoms with Crippen LogP contribution in [0.1, 0.15) is 38.7 Å². The Hall–Kier alpha value is -1.91. The minimum atomic E-state index is -0.411. The van der Waals surface area contributed by atoms with Crippen molar-refractivity contribution in [3.05, 3.63) is 39.9 Å². The molecule has 0 aliphatic rings. The number of rotatable bonds is 8. The molecule has 5 nitrogen and oxygen atoms in total. The molecule has 20 heavy (non-hydrogen) atoms. The van der Waals surface area contributed by atoms with E-state index in [4.69, 9.17) is 0 Å². The van der Waals surface area contributed by atoms with Crippen molar-refractivity contribution in [2.45, 2.75) is 39.5 Å². The standard InChI is InChI=1S/C15H22N2O3/c1-12(2)10-11-16-15(18)5-3-4-13-6-8-14(9-7-13)17(19)20/h6-9,12H,3-5,10-11H2,1-2H3,(H,16,18). The number of amides is 1. The smallest absolute Gasteiger partial charge is 0.269 e. The molecule has 0 atom stereocenters. The Kier molecular flexibility index (Phi) is 6.70. The summed E-state index contributed by atoms with van der Waals surface area (Å²) >= 11 is 0. The highest BCUT2D eigenvalue weighted by molar-refractivity contribution is 5.75. The molecule has 0 aliphatic carbocycles. The van der Waals surface area contributed by atoms with Gasteiger partial charge in [-0.15, -0.1) is 0 Å². The van der Waals surface area contributed by atoms with Crippen LogP contribution < -0.4 is 5.32 Å². The molecule has 0 radical (unpaired) electrons. The van der Waals surface area contributed by atoms with Gasteiger partial charge in [-0.3, -0.25) is 14.9 Å². The van der Waals surface area contributed by atoms with Gasteiger partial charge in [0.25, 0.3) is 5.69 Å². The fraction of sp³-hybridized carbons (Fsp3) is 0.533. The van der Waals surface area contributed by atoms with E-state index in [-0.39, 0.29) is 11.6 Å². The molecular formula is C15H22N2O3. The normalized spacial score (nSPS) is 10.6. The minimum Gasteiger partial charge on any atom is -0.356 e. The zero-order valence-corrected chi connectivity index (χ0v) is 12.1. The monoisotopic (exact) mass is 278 g/mol. The molecule has 0 aromatic heterocycles. The summed E-state index contributed by atoms with van der Waals surface area (Å²) in [6, 6.07) is 6.49. The lowest BCUT2D eigenvalue weighted by Gasteiger charge is -2.07. The van der Waals surface area contributed by atoms with Crippen LogP contribution in [0.5, 0.6) is 0 Å². The van der Waals surface area contributed by atoms with Crippen LogP contribution in [0, 0.1) is 16.0 Å². The van der Waals surface area contributed by atoms with Crippen molar-refractivity contribution in [2.75, 3.05) is 6.54 Å². The third kappa shape index (κ3) is 6.31. The molecule has 1 aromatic rings. The predicted molar refractivity (Wildman–Crippen MR) is 78.5 cm³/mol. The van der Waals surface area contributed by atoms with Gasteiger partial charge in [-0.2, -0.15) is 0 Å². The summed E-state index contributed by atoms with van der Waals surface area (Å²) in [5.41, 5.74) is 1.12. The minimum absolute atomic E-state index is 0.0764. The summed E-state index contributed by atoms with van der Waals surface area (Å²) in [6.07, 6.45) is 3.00. The number of aryl methyl sites for hydroxylation is 1. The average molecular weight is 278 g/mol. The second-order valence-electron chi connectivity index (χ2n) is 5.31. The van der Waals surface area contributed by atoms with Crippen molar-refractivity contribution >= 4 is 11.6 Å². The molecule has 0 spiro atoms. The Morgan fingerprint density at radius 1 is 1.30 bits per heavy atom. The lowest BCUT2D eigenvalue weighted by Crippen LogP contribution is -2.25. The van der Waals surface area contributed by atoms with Crippen LogP contribution in [0.15, 0.2) is 24.3 Å². The molecule has 5 heteroatoms. The van der Waals surface area contributed by atoms with Gasteiger partial charge >= 0.3 is 0 Å². The molecule has 1 rings (SSSR count). The maximum atomic E-state index is 11.6. The van der Waals surface area contributed by atoms with Crippen LogP contribution in [-0.2, 0) is 11.2 Å². The number of nitrogens with one attached hydrogen (secondary N) is 1. The SMILES string of the molecule is CC(C)CCNC(=O)CCCc1ccc([N+](=O)[O-])cc1. The van der Waals surface area contributed by atoms with Gasteiger partial charge in [0.05, 0.1) is 4.92 Å². The van der Waals surface area contributed by atoms with Crippen molar-refractivity contribution in [1.82, 2.24) is 5.32 Å². The molecular weight excluding hydrogens is 256 g/mol. The van der Waals surface area contributed by atoms with Gasteiger partial charge in [0.15, 0.2) is 0 Å². The summed E-state index contributed by atoms with van der Waals surface area (Å²) in [4.78, 5) is 21.7. The molecule has 0 saturated heterocycles. The van der Waals surface area contributed by atoms with E-state index < -0.39 is 4.92 Å². The summed E-state index contributed by atoms with van der Waals surface area (Å²) in [6.45, 7) is 4.98. The quantitative estimate of drug-likeness (QED) is 0.586. The van der Waals surface area contributed by atoms with Crippen LogP contribution in [0.2, 0.25) is 0 Å². The molecule has 0 aliphatic heterocycles. The number of carbonyl (C=O) groups excluding carboxylic acids is 1. The number of nitro benzene ring substituents is 1. The van der Waals surface area contributed by atoms with Gasteiger partial charge in [0.2, 0.25) is 5.91 Å². The van der Waals surface area contributed by atoms with Crippen molar-refractivity contribution in [1.29, 1.82) is 0 Å². The zero-order valence-electron chi connectivity index (χ0n) is 12.1. The molecule has 0 heterocycles.